The second-order valence-electron chi connectivity index (χ2n) is 4.29. The lowest BCUT2D eigenvalue weighted by atomic mass is 10.2. The van der Waals surface area contributed by atoms with E-state index in [-0.39, 0.29) is 6.54 Å². The number of hydrogen-bond donors (Lipinski definition) is 3. The summed E-state index contributed by atoms with van der Waals surface area (Å²) in [5, 5.41) is 14.2. The lowest BCUT2D eigenvalue weighted by Crippen LogP contribution is -2.36. The number of aliphatic hydroxyl groups excluding tert-OH is 1. The molecule has 1 unspecified atom stereocenters. The third-order valence-electron chi connectivity index (χ3n) is 2.73. The fraction of sp³-hybridized carbons (Fsp3) is 0.333. The van der Waals surface area contributed by atoms with Gasteiger partial charge in [-0.2, -0.15) is 0 Å². The molecule has 0 aliphatic rings. The summed E-state index contributed by atoms with van der Waals surface area (Å²) >= 11 is 0. The Bertz CT molecular complexity index is 520. The molecule has 106 valence electrons. The predicted octanol–water partition coefficient (Wildman–Crippen LogP) is 0.884. The molecule has 0 aliphatic heterocycles. The SMILES string of the molecule is C#Cc1cccc(NC(=O)C(=O)NCCC(O)CC)c1. The Morgan fingerprint density at radius 1 is 1.40 bits per heavy atom. The number of carbonyl (C=O) groups is 2. The monoisotopic (exact) mass is 274 g/mol. The molecule has 0 bridgehead atoms. The average molecular weight is 274 g/mol. The molecular formula is C15H18N2O3. The molecule has 20 heavy (non-hydrogen) atoms. The molecule has 1 rings (SSSR count). The number of benzene rings is 1. The van der Waals surface area contributed by atoms with Crippen LogP contribution in [-0.4, -0.2) is 29.6 Å². The van der Waals surface area contributed by atoms with Crippen LogP contribution in [0, 0.1) is 12.3 Å². The first-order chi connectivity index (χ1) is 9.56. The first-order valence-corrected chi connectivity index (χ1v) is 6.40. The molecule has 0 spiro atoms. The first-order valence-electron chi connectivity index (χ1n) is 6.40. The normalized spacial score (nSPS) is 11.2. The van der Waals surface area contributed by atoms with Crippen molar-refractivity contribution in [3.8, 4) is 12.3 Å². The number of anilines is 1. The minimum atomic E-state index is -0.759. The van der Waals surface area contributed by atoms with Crippen molar-refractivity contribution in [3.63, 3.8) is 0 Å². The van der Waals surface area contributed by atoms with E-state index in [0.717, 1.165) is 0 Å². The Kier molecular flexibility index (Phi) is 6.27. The summed E-state index contributed by atoms with van der Waals surface area (Å²) in [4.78, 5) is 23.1. The number of amides is 2. The van der Waals surface area contributed by atoms with Crippen LogP contribution in [0.1, 0.15) is 25.3 Å². The molecule has 0 heterocycles. The lowest BCUT2D eigenvalue weighted by molar-refractivity contribution is -0.136. The molecule has 3 N–H and O–H groups in total. The largest absolute Gasteiger partial charge is 0.393 e. The Morgan fingerprint density at radius 3 is 2.80 bits per heavy atom. The summed E-state index contributed by atoms with van der Waals surface area (Å²) < 4.78 is 0. The van der Waals surface area contributed by atoms with Crippen LogP contribution >= 0.6 is 0 Å². The minimum Gasteiger partial charge on any atom is -0.393 e. The highest BCUT2D eigenvalue weighted by Crippen LogP contribution is 2.09. The predicted molar refractivity (Wildman–Crippen MR) is 76.9 cm³/mol. The molecule has 1 aromatic carbocycles. The summed E-state index contributed by atoms with van der Waals surface area (Å²) in [7, 11) is 0. The van der Waals surface area contributed by atoms with Crippen LogP contribution in [0.4, 0.5) is 5.69 Å². The third-order valence-corrected chi connectivity index (χ3v) is 2.73. The zero-order valence-electron chi connectivity index (χ0n) is 11.3. The van der Waals surface area contributed by atoms with Crippen molar-refractivity contribution in [2.75, 3.05) is 11.9 Å². The highest BCUT2D eigenvalue weighted by molar-refractivity contribution is 6.39. The molecule has 0 saturated carbocycles. The fourth-order valence-electron chi connectivity index (χ4n) is 1.51. The van der Waals surface area contributed by atoms with Crippen molar-refractivity contribution in [3.05, 3.63) is 29.8 Å². The van der Waals surface area contributed by atoms with E-state index in [9.17, 15) is 14.7 Å². The summed E-state index contributed by atoms with van der Waals surface area (Å²) in [5.74, 6) is 0.948. The summed E-state index contributed by atoms with van der Waals surface area (Å²) in [6.07, 6.45) is 5.81. The van der Waals surface area contributed by atoms with E-state index in [0.29, 0.717) is 24.1 Å². The molecule has 0 fully saturated rings. The quantitative estimate of drug-likeness (QED) is 0.551. The van der Waals surface area contributed by atoms with Gasteiger partial charge in [0.1, 0.15) is 0 Å². The average Bonchev–Trinajstić information content (AvgIpc) is 2.46. The van der Waals surface area contributed by atoms with Gasteiger partial charge in [0.15, 0.2) is 0 Å². The highest BCUT2D eigenvalue weighted by Gasteiger charge is 2.13. The van der Waals surface area contributed by atoms with Gasteiger partial charge in [0.05, 0.1) is 6.10 Å². The van der Waals surface area contributed by atoms with E-state index in [4.69, 9.17) is 6.42 Å². The molecule has 1 atom stereocenters. The van der Waals surface area contributed by atoms with Crippen LogP contribution in [0.25, 0.3) is 0 Å². The number of nitrogens with one attached hydrogen (secondary N) is 2. The Balaban J connectivity index is 2.45. The van der Waals surface area contributed by atoms with E-state index < -0.39 is 17.9 Å². The van der Waals surface area contributed by atoms with Crippen LogP contribution in [-0.2, 0) is 9.59 Å². The molecule has 5 nitrogen and oxygen atoms in total. The number of terminal acetylenes is 1. The molecule has 0 aromatic heterocycles. The molecule has 5 heteroatoms. The van der Waals surface area contributed by atoms with Gasteiger partial charge in [-0.15, -0.1) is 6.42 Å². The van der Waals surface area contributed by atoms with Gasteiger partial charge in [0.25, 0.3) is 0 Å². The lowest BCUT2D eigenvalue weighted by Gasteiger charge is -2.09. The van der Waals surface area contributed by atoms with Gasteiger partial charge in [-0.05, 0) is 31.0 Å². The van der Waals surface area contributed by atoms with Crippen molar-refractivity contribution >= 4 is 17.5 Å². The van der Waals surface area contributed by atoms with Gasteiger partial charge in [-0.1, -0.05) is 18.9 Å². The van der Waals surface area contributed by atoms with Gasteiger partial charge in [0, 0.05) is 17.8 Å². The second-order valence-corrected chi connectivity index (χ2v) is 4.29. The number of carbonyl (C=O) groups excluding carboxylic acids is 2. The van der Waals surface area contributed by atoms with Crippen LogP contribution in [0.5, 0.6) is 0 Å². The van der Waals surface area contributed by atoms with Crippen molar-refractivity contribution < 1.29 is 14.7 Å². The van der Waals surface area contributed by atoms with Gasteiger partial charge in [0.2, 0.25) is 0 Å². The van der Waals surface area contributed by atoms with Crippen molar-refractivity contribution in [2.45, 2.75) is 25.9 Å². The Hall–Kier alpha value is -2.32. The van der Waals surface area contributed by atoms with Crippen LogP contribution in [0.15, 0.2) is 24.3 Å². The van der Waals surface area contributed by atoms with Crippen LogP contribution in [0.2, 0.25) is 0 Å². The highest BCUT2D eigenvalue weighted by atomic mass is 16.3. The fourth-order valence-corrected chi connectivity index (χ4v) is 1.51. The van der Waals surface area contributed by atoms with E-state index >= 15 is 0 Å². The molecule has 0 radical (unpaired) electrons. The van der Waals surface area contributed by atoms with Crippen molar-refractivity contribution in [1.82, 2.24) is 5.32 Å². The topological polar surface area (TPSA) is 78.4 Å². The summed E-state index contributed by atoms with van der Waals surface area (Å²) in [5.41, 5.74) is 1.09. The van der Waals surface area contributed by atoms with Gasteiger partial charge >= 0.3 is 11.8 Å². The number of rotatable bonds is 5. The van der Waals surface area contributed by atoms with E-state index in [1.54, 1.807) is 24.3 Å². The van der Waals surface area contributed by atoms with Gasteiger partial charge in [-0.25, -0.2) is 0 Å². The van der Waals surface area contributed by atoms with E-state index in [2.05, 4.69) is 16.6 Å². The molecular weight excluding hydrogens is 256 g/mol. The molecule has 0 saturated heterocycles. The Labute approximate surface area is 118 Å². The van der Waals surface area contributed by atoms with Crippen molar-refractivity contribution in [1.29, 1.82) is 0 Å². The standard InChI is InChI=1S/C15H18N2O3/c1-3-11-6-5-7-12(10-11)17-15(20)14(19)16-9-8-13(18)4-2/h1,5-7,10,13,18H,4,8-9H2,2H3,(H,16,19)(H,17,20). The maximum atomic E-state index is 11.6. The zero-order chi connectivity index (χ0) is 15.0. The summed E-state index contributed by atoms with van der Waals surface area (Å²) in [6.45, 7) is 2.10. The van der Waals surface area contributed by atoms with Gasteiger partial charge < -0.3 is 15.7 Å². The molecule has 1 aromatic rings. The van der Waals surface area contributed by atoms with E-state index in [1.165, 1.54) is 0 Å². The maximum absolute atomic E-state index is 11.6. The smallest absolute Gasteiger partial charge is 0.313 e. The second kappa shape index (κ2) is 7.97. The minimum absolute atomic E-state index is 0.256. The molecule has 2 amide bonds. The third kappa shape index (κ3) is 5.12. The van der Waals surface area contributed by atoms with Crippen molar-refractivity contribution in [2.24, 2.45) is 0 Å². The number of aliphatic hydroxyl groups is 1. The van der Waals surface area contributed by atoms with Crippen LogP contribution in [0.3, 0.4) is 0 Å². The Morgan fingerprint density at radius 2 is 2.15 bits per heavy atom. The first kappa shape index (κ1) is 15.7. The maximum Gasteiger partial charge on any atom is 0.313 e. The summed E-state index contributed by atoms with van der Waals surface area (Å²) in [6, 6.07) is 6.67. The van der Waals surface area contributed by atoms with E-state index in [1.807, 2.05) is 6.92 Å². The number of hydrogen-bond acceptors (Lipinski definition) is 3. The molecule has 0 aliphatic carbocycles. The van der Waals surface area contributed by atoms with Crippen LogP contribution < -0.4 is 10.6 Å². The van der Waals surface area contributed by atoms with Gasteiger partial charge in [-0.3, -0.25) is 9.59 Å². The zero-order valence-corrected chi connectivity index (χ0v) is 11.3.